The Labute approximate surface area is 75.6 Å². The Balaban J connectivity index is 2.06. The van der Waals surface area contributed by atoms with E-state index in [0.717, 1.165) is 25.0 Å². The molecule has 72 valence electrons. The molecule has 0 aromatic rings. The molecule has 0 heterocycles. The van der Waals surface area contributed by atoms with Gasteiger partial charge in [-0.25, -0.2) is 5.48 Å². The molecule has 0 radical (unpaired) electrons. The lowest BCUT2D eigenvalue weighted by Crippen LogP contribution is -2.26. The van der Waals surface area contributed by atoms with E-state index in [1.54, 1.807) is 0 Å². The molecule has 2 atom stereocenters. The van der Waals surface area contributed by atoms with Crippen LogP contribution in [0.15, 0.2) is 0 Å². The van der Waals surface area contributed by atoms with Gasteiger partial charge in [-0.05, 0) is 31.6 Å². The lowest BCUT2D eigenvalue weighted by Gasteiger charge is -2.26. The molecule has 1 rings (SSSR count). The Morgan fingerprint density at radius 1 is 1.42 bits per heavy atom. The first-order chi connectivity index (χ1) is 5.83. The summed E-state index contributed by atoms with van der Waals surface area (Å²) in [6, 6.07) is 0. The first-order valence-corrected chi connectivity index (χ1v) is 5.17. The molecule has 12 heavy (non-hydrogen) atoms. The molecule has 1 aliphatic carbocycles. The molecule has 2 unspecified atom stereocenters. The molecule has 0 aromatic heterocycles. The lowest BCUT2D eigenvalue weighted by atomic mass is 9.82. The summed E-state index contributed by atoms with van der Waals surface area (Å²) in [5.74, 6) is 1.77. The van der Waals surface area contributed by atoms with Crippen LogP contribution in [-0.2, 0) is 4.84 Å². The number of rotatable bonds is 4. The van der Waals surface area contributed by atoms with Gasteiger partial charge >= 0.3 is 0 Å². The zero-order chi connectivity index (χ0) is 8.81. The first-order valence-electron chi connectivity index (χ1n) is 5.17. The highest BCUT2D eigenvalue weighted by atomic mass is 16.6. The second-order valence-corrected chi connectivity index (χ2v) is 3.92. The van der Waals surface area contributed by atoms with Crippen LogP contribution in [0.3, 0.4) is 0 Å². The molecule has 1 saturated carbocycles. The highest BCUT2D eigenvalue weighted by Crippen LogP contribution is 2.27. The molecular formula is C10H21NO. The van der Waals surface area contributed by atoms with Gasteiger partial charge in [0, 0.05) is 6.54 Å². The highest BCUT2D eigenvalue weighted by Gasteiger charge is 2.18. The Morgan fingerprint density at radius 2 is 2.25 bits per heavy atom. The number of hydrogen-bond donors (Lipinski definition) is 1. The third-order valence-electron chi connectivity index (χ3n) is 2.66. The van der Waals surface area contributed by atoms with Gasteiger partial charge in [0.05, 0.1) is 6.61 Å². The number of hydroxylamine groups is 1. The van der Waals surface area contributed by atoms with Gasteiger partial charge in [0.25, 0.3) is 0 Å². The van der Waals surface area contributed by atoms with Crippen molar-refractivity contribution in [1.82, 2.24) is 5.48 Å². The third-order valence-corrected chi connectivity index (χ3v) is 2.66. The van der Waals surface area contributed by atoms with Crippen LogP contribution in [0.2, 0.25) is 0 Å². The first kappa shape index (κ1) is 10.0. The normalized spacial score (nSPS) is 30.5. The molecule has 0 aliphatic heterocycles. The predicted molar refractivity (Wildman–Crippen MR) is 50.8 cm³/mol. The van der Waals surface area contributed by atoms with Crippen molar-refractivity contribution in [1.29, 1.82) is 0 Å². The number of hydrogen-bond acceptors (Lipinski definition) is 2. The fourth-order valence-electron chi connectivity index (χ4n) is 2.02. The zero-order valence-electron chi connectivity index (χ0n) is 8.31. The van der Waals surface area contributed by atoms with E-state index in [2.05, 4.69) is 12.4 Å². The second kappa shape index (κ2) is 5.55. The van der Waals surface area contributed by atoms with Crippen LogP contribution in [0.4, 0.5) is 0 Å². The summed E-state index contributed by atoms with van der Waals surface area (Å²) < 4.78 is 0. The zero-order valence-corrected chi connectivity index (χ0v) is 8.31. The van der Waals surface area contributed by atoms with Crippen molar-refractivity contribution in [3.63, 3.8) is 0 Å². The van der Waals surface area contributed by atoms with Crippen molar-refractivity contribution >= 4 is 0 Å². The number of nitrogens with one attached hydrogen (secondary N) is 1. The lowest BCUT2D eigenvalue weighted by molar-refractivity contribution is 0.0354. The molecule has 0 saturated heterocycles. The minimum Gasteiger partial charge on any atom is -0.302 e. The van der Waals surface area contributed by atoms with Crippen molar-refractivity contribution in [3.05, 3.63) is 0 Å². The van der Waals surface area contributed by atoms with Crippen LogP contribution < -0.4 is 5.48 Å². The topological polar surface area (TPSA) is 21.3 Å². The SMILES string of the molecule is CCONCC1CCCC(C)C1. The maximum absolute atomic E-state index is 5.12. The summed E-state index contributed by atoms with van der Waals surface area (Å²) in [4.78, 5) is 5.12. The molecule has 0 spiro atoms. The Bertz CT molecular complexity index is 116. The van der Waals surface area contributed by atoms with Gasteiger partial charge in [-0.15, -0.1) is 0 Å². The van der Waals surface area contributed by atoms with Crippen LogP contribution in [0.25, 0.3) is 0 Å². The molecule has 2 nitrogen and oxygen atoms in total. The van der Waals surface area contributed by atoms with E-state index < -0.39 is 0 Å². The molecule has 2 heteroatoms. The van der Waals surface area contributed by atoms with Crippen molar-refractivity contribution < 1.29 is 4.84 Å². The predicted octanol–water partition coefficient (Wildman–Crippen LogP) is 2.35. The standard InChI is InChI=1S/C10H21NO/c1-3-12-11-8-10-6-4-5-9(2)7-10/h9-11H,3-8H2,1-2H3. The van der Waals surface area contributed by atoms with Crippen molar-refractivity contribution in [3.8, 4) is 0 Å². The van der Waals surface area contributed by atoms with Gasteiger partial charge in [-0.1, -0.05) is 19.8 Å². The van der Waals surface area contributed by atoms with Gasteiger partial charge < -0.3 is 4.84 Å². The van der Waals surface area contributed by atoms with E-state index in [1.165, 1.54) is 25.7 Å². The molecule has 1 N–H and O–H groups in total. The second-order valence-electron chi connectivity index (χ2n) is 3.92. The fraction of sp³-hybridized carbons (Fsp3) is 1.00. The molecule has 0 amide bonds. The summed E-state index contributed by atoms with van der Waals surface area (Å²) >= 11 is 0. The smallest absolute Gasteiger partial charge is 0.0653 e. The molecule has 0 aromatic carbocycles. The van der Waals surface area contributed by atoms with E-state index in [9.17, 15) is 0 Å². The Hall–Kier alpha value is -0.0800. The maximum Gasteiger partial charge on any atom is 0.0653 e. The maximum atomic E-state index is 5.12. The van der Waals surface area contributed by atoms with Crippen molar-refractivity contribution in [2.24, 2.45) is 11.8 Å². The quantitative estimate of drug-likeness (QED) is 0.518. The highest BCUT2D eigenvalue weighted by molar-refractivity contribution is 4.70. The average Bonchev–Trinajstić information content (AvgIpc) is 2.05. The Kier molecular flexibility index (Phi) is 4.62. The summed E-state index contributed by atoms with van der Waals surface area (Å²) in [6.07, 6.45) is 5.58. The average molecular weight is 171 g/mol. The Morgan fingerprint density at radius 3 is 2.92 bits per heavy atom. The van der Waals surface area contributed by atoms with E-state index in [4.69, 9.17) is 4.84 Å². The fourth-order valence-corrected chi connectivity index (χ4v) is 2.02. The van der Waals surface area contributed by atoms with Gasteiger partial charge in [-0.3, -0.25) is 0 Å². The molecule has 0 bridgehead atoms. The molecule has 1 aliphatic rings. The van der Waals surface area contributed by atoms with Gasteiger partial charge in [0.1, 0.15) is 0 Å². The largest absolute Gasteiger partial charge is 0.302 e. The molecular weight excluding hydrogens is 150 g/mol. The van der Waals surface area contributed by atoms with E-state index >= 15 is 0 Å². The third kappa shape index (κ3) is 3.55. The van der Waals surface area contributed by atoms with Gasteiger partial charge in [0.2, 0.25) is 0 Å². The summed E-state index contributed by atoms with van der Waals surface area (Å²) in [6.45, 7) is 6.17. The minimum absolute atomic E-state index is 0.766. The van der Waals surface area contributed by atoms with Crippen LogP contribution in [0, 0.1) is 11.8 Å². The van der Waals surface area contributed by atoms with Crippen LogP contribution in [-0.4, -0.2) is 13.2 Å². The molecule has 1 fully saturated rings. The van der Waals surface area contributed by atoms with Gasteiger partial charge in [-0.2, -0.15) is 0 Å². The van der Waals surface area contributed by atoms with Crippen molar-refractivity contribution in [2.75, 3.05) is 13.2 Å². The van der Waals surface area contributed by atoms with Crippen molar-refractivity contribution in [2.45, 2.75) is 39.5 Å². The van der Waals surface area contributed by atoms with E-state index in [1.807, 2.05) is 6.92 Å². The van der Waals surface area contributed by atoms with E-state index in [0.29, 0.717) is 0 Å². The summed E-state index contributed by atoms with van der Waals surface area (Å²) in [5, 5.41) is 0. The summed E-state index contributed by atoms with van der Waals surface area (Å²) in [5.41, 5.74) is 3.03. The van der Waals surface area contributed by atoms with Crippen LogP contribution in [0.1, 0.15) is 39.5 Å². The minimum atomic E-state index is 0.766. The summed E-state index contributed by atoms with van der Waals surface area (Å²) in [7, 11) is 0. The van der Waals surface area contributed by atoms with Gasteiger partial charge in [0.15, 0.2) is 0 Å². The monoisotopic (exact) mass is 171 g/mol. The van der Waals surface area contributed by atoms with E-state index in [-0.39, 0.29) is 0 Å². The van der Waals surface area contributed by atoms with Crippen LogP contribution >= 0.6 is 0 Å². The van der Waals surface area contributed by atoms with Crippen LogP contribution in [0.5, 0.6) is 0 Å².